The molecule has 8 aromatic rings. The first-order valence-electron chi connectivity index (χ1n) is 18.7. The highest BCUT2D eigenvalue weighted by atomic mass is 15.1. The summed E-state index contributed by atoms with van der Waals surface area (Å²) >= 11 is 0. The van der Waals surface area contributed by atoms with Gasteiger partial charge in [-0.05, 0) is 122 Å². The van der Waals surface area contributed by atoms with Gasteiger partial charge in [-0.1, -0.05) is 150 Å². The molecule has 8 aromatic carbocycles. The molecule has 0 unspecified atom stereocenters. The molecule has 2 nitrogen and oxygen atoms in total. The summed E-state index contributed by atoms with van der Waals surface area (Å²) in [5, 5.41) is 2.43. The van der Waals surface area contributed by atoms with E-state index in [-0.39, 0.29) is 0 Å². The van der Waals surface area contributed by atoms with Crippen LogP contribution < -0.4 is 9.80 Å². The highest BCUT2D eigenvalue weighted by molar-refractivity contribution is 6.03. The Morgan fingerprint density at radius 2 is 0.685 bits per heavy atom. The SMILES string of the molecule is Cc1ccc(N(c2ccc(C)cc2)c2ccc(-c3ccc(C=Cc4ccc(N(c5ccc(C)cc5)c5ccc(C)cc5)c5ccccc45)cc3)cc2)cc1. The van der Waals surface area contributed by atoms with Gasteiger partial charge in [-0.3, -0.25) is 0 Å². The van der Waals surface area contributed by atoms with E-state index in [0.29, 0.717) is 0 Å². The Bertz CT molecular complexity index is 2440. The van der Waals surface area contributed by atoms with Gasteiger partial charge in [0, 0.05) is 33.8 Å². The van der Waals surface area contributed by atoms with Gasteiger partial charge in [-0.25, -0.2) is 0 Å². The monoisotopic (exact) mass is 696 g/mol. The molecule has 0 aromatic heterocycles. The van der Waals surface area contributed by atoms with Gasteiger partial charge in [0.25, 0.3) is 0 Å². The van der Waals surface area contributed by atoms with Crippen LogP contribution in [0.5, 0.6) is 0 Å². The lowest BCUT2D eigenvalue weighted by molar-refractivity contribution is 1.27. The zero-order valence-corrected chi connectivity index (χ0v) is 31.4. The Hall–Kier alpha value is -6.64. The zero-order valence-electron chi connectivity index (χ0n) is 31.4. The molecule has 54 heavy (non-hydrogen) atoms. The normalized spacial score (nSPS) is 11.3. The van der Waals surface area contributed by atoms with Crippen LogP contribution in [-0.2, 0) is 0 Å². The van der Waals surface area contributed by atoms with E-state index in [0.717, 1.165) is 39.7 Å². The fourth-order valence-corrected chi connectivity index (χ4v) is 7.07. The van der Waals surface area contributed by atoms with Crippen molar-refractivity contribution in [1.29, 1.82) is 0 Å². The average Bonchev–Trinajstić information content (AvgIpc) is 3.21. The third-order valence-electron chi connectivity index (χ3n) is 10.2. The molecule has 0 saturated carbocycles. The summed E-state index contributed by atoms with van der Waals surface area (Å²) in [5.41, 5.74) is 16.6. The van der Waals surface area contributed by atoms with E-state index < -0.39 is 0 Å². The minimum absolute atomic E-state index is 1.13. The quantitative estimate of drug-likeness (QED) is 0.139. The van der Waals surface area contributed by atoms with Gasteiger partial charge in [-0.2, -0.15) is 0 Å². The van der Waals surface area contributed by atoms with Crippen molar-refractivity contribution < 1.29 is 0 Å². The maximum absolute atomic E-state index is 2.36. The van der Waals surface area contributed by atoms with Gasteiger partial charge in [0.05, 0.1) is 5.69 Å². The molecule has 262 valence electrons. The molecule has 0 N–H and O–H groups in total. The van der Waals surface area contributed by atoms with Crippen molar-refractivity contribution in [3.05, 3.63) is 215 Å². The second-order valence-corrected chi connectivity index (χ2v) is 14.2. The van der Waals surface area contributed by atoms with Crippen molar-refractivity contribution in [3.63, 3.8) is 0 Å². The Morgan fingerprint density at radius 1 is 0.315 bits per heavy atom. The molecule has 0 aliphatic carbocycles. The van der Waals surface area contributed by atoms with E-state index in [9.17, 15) is 0 Å². The van der Waals surface area contributed by atoms with E-state index in [1.54, 1.807) is 0 Å². The van der Waals surface area contributed by atoms with Crippen LogP contribution in [0.15, 0.2) is 182 Å². The van der Waals surface area contributed by atoms with Crippen LogP contribution in [0.2, 0.25) is 0 Å². The standard InChI is InChI=1S/C52H44N2/c1-37-9-26-45(27-10-37)53(46-28-11-38(2)12-29-46)47-34-23-43(24-35-47)42-20-17-41(18-21-42)19-22-44-25-36-52(51-8-6-5-7-50(44)51)54(48-30-13-39(3)14-31-48)49-32-15-40(4)16-33-49/h5-36H,1-4H3. The molecule has 0 aliphatic rings. The molecule has 0 fully saturated rings. The lowest BCUT2D eigenvalue weighted by Crippen LogP contribution is -2.10. The highest BCUT2D eigenvalue weighted by Crippen LogP contribution is 2.41. The first-order chi connectivity index (χ1) is 26.4. The molecule has 0 amide bonds. The second-order valence-electron chi connectivity index (χ2n) is 14.2. The third kappa shape index (κ3) is 7.33. The van der Waals surface area contributed by atoms with Gasteiger partial charge < -0.3 is 9.80 Å². The minimum atomic E-state index is 1.13. The van der Waals surface area contributed by atoms with E-state index >= 15 is 0 Å². The van der Waals surface area contributed by atoms with E-state index in [1.165, 1.54) is 49.7 Å². The predicted molar refractivity (Wildman–Crippen MR) is 233 cm³/mol. The van der Waals surface area contributed by atoms with Crippen molar-refractivity contribution in [2.45, 2.75) is 27.7 Å². The number of anilines is 6. The van der Waals surface area contributed by atoms with E-state index in [1.807, 2.05) is 0 Å². The number of fused-ring (bicyclic) bond motifs is 1. The molecular formula is C52H44N2. The zero-order chi connectivity index (χ0) is 37.0. The maximum atomic E-state index is 2.36. The van der Waals surface area contributed by atoms with Crippen LogP contribution in [-0.4, -0.2) is 0 Å². The van der Waals surface area contributed by atoms with Gasteiger partial charge >= 0.3 is 0 Å². The molecule has 0 bridgehead atoms. The Balaban J connectivity index is 1.06. The number of hydrogen-bond acceptors (Lipinski definition) is 2. The van der Waals surface area contributed by atoms with Crippen molar-refractivity contribution in [1.82, 2.24) is 0 Å². The molecule has 0 aliphatic heterocycles. The topological polar surface area (TPSA) is 6.48 Å². The van der Waals surface area contributed by atoms with Gasteiger partial charge in [0.1, 0.15) is 0 Å². The fourth-order valence-electron chi connectivity index (χ4n) is 7.07. The number of nitrogens with zero attached hydrogens (tertiary/aromatic N) is 2. The Morgan fingerprint density at radius 3 is 1.13 bits per heavy atom. The summed E-state index contributed by atoms with van der Waals surface area (Å²) in [6.07, 6.45) is 4.45. The number of hydrogen-bond donors (Lipinski definition) is 0. The van der Waals surface area contributed by atoms with Gasteiger partial charge in [-0.15, -0.1) is 0 Å². The molecule has 0 heterocycles. The minimum Gasteiger partial charge on any atom is -0.311 e. The molecule has 8 rings (SSSR count). The summed E-state index contributed by atoms with van der Waals surface area (Å²) in [7, 11) is 0. The average molecular weight is 697 g/mol. The van der Waals surface area contributed by atoms with Crippen LogP contribution >= 0.6 is 0 Å². The Kier molecular flexibility index (Phi) is 9.66. The highest BCUT2D eigenvalue weighted by Gasteiger charge is 2.17. The summed E-state index contributed by atoms with van der Waals surface area (Å²) in [4.78, 5) is 4.68. The van der Waals surface area contributed by atoms with E-state index in [4.69, 9.17) is 0 Å². The lowest BCUT2D eigenvalue weighted by Gasteiger charge is -2.27. The van der Waals surface area contributed by atoms with Crippen LogP contribution in [0.1, 0.15) is 33.4 Å². The summed E-state index contributed by atoms with van der Waals surface area (Å²) in [6, 6.07) is 66.0. The molecule has 0 saturated heterocycles. The first kappa shape index (κ1) is 34.4. The number of rotatable bonds is 9. The summed E-state index contributed by atoms with van der Waals surface area (Å²) in [5.74, 6) is 0. The van der Waals surface area contributed by atoms with Crippen molar-refractivity contribution >= 4 is 57.0 Å². The molecule has 0 radical (unpaired) electrons. The fraction of sp³-hybridized carbons (Fsp3) is 0.0769. The molecule has 2 heteroatoms. The summed E-state index contributed by atoms with van der Waals surface area (Å²) in [6.45, 7) is 8.52. The molecule has 0 spiro atoms. The lowest BCUT2D eigenvalue weighted by atomic mass is 9.99. The first-order valence-corrected chi connectivity index (χ1v) is 18.7. The van der Waals surface area contributed by atoms with Crippen molar-refractivity contribution in [3.8, 4) is 11.1 Å². The predicted octanol–water partition coefficient (Wildman–Crippen LogP) is 14.9. The third-order valence-corrected chi connectivity index (χ3v) is 10.2. The van der Waals surface area contributed by atoms with Crippen LogP contribution in [0.25, 0.3) is 34.1 Å². The van der Waals surface area contributed by atoms with Gasteiger partial charge in [0.15, 0.2) is 0 Å². The smallest absolute Gasteiger partial charge is 0.0540 e. The van der Waals surface area contributed by atoms with Crippen LogP contribution in [0, 0.1) is 27.7 Å². The van der Waals surface area contributed by atoms with Crippen molar-refractivity contribution in [2.75, 3.05) is 9.80 Å². The van der Waals surface area contributed by atoms with Crippen LogP contribution in [0.3, 0.4) is 0 Å². The number of benzene rings is 8. The maximum Gasteiger partial charge on any atom is 0.0540 e. The van der Waals surface area contributed by atoms with E-state index in [2.05, 4.69) is 232 Å². The van der Waals surface area contributed by atoms with Gasteiger partial charge in [0.2, 0.25) is 0 Å². The second kappa shape index (κ2) is 15.1. The molecular weight excluding hydrogens is 653 g/mol. The van der Waals surface area contributed by atoms with Crippen molar-refractivity contribution in [2.24, 2.45) is 0 Å². The van der Waals surface area contributed by atoms with Crippen LogP contribution in [0.4, 0.5) is 34.1 Å². The summed E-state index contributed by atoms with van der Waals surface area (Å²) < 4.78 is 0. The largest absolute Gasteiger partial charge is 0.311 e. The number of aryl methyl sites for hydroxylation is 4. The Labute approximate surface area is 319 Å². The molecule has 0 atom stereocenters.